The molecule has 5 rings (SSSR count). The Bertz CT molecular complexity index is 1340. The molecule has 7 heteroatoms. The number of nitrogens with zero attached hydrogens (tertiary/aromatic N) is 5. The average Bonchev–Trinajstić information content (AvgIpc) is 3.72. The van der Waals surface area contributed by atoms with Gasteiger partial charge in [0.25, 0.3) is 5.56 Å². The fraction of sp³-hybridized carbons (Fsp3) is 0.483. The van der Waals surface area contributed by atoms with Crippen molar-refractivity contribution < 1.29 is 4.74 Å². The average molecular weight is 486 g/mol. The standard InChI is InChI=1S/C29H35N5O2/c1-5-25(22-8-11-24(12-9-22)36-18-21-6-7-21)33-16-20(3)34(17-19(33)2)27-14-28(35)32(4)26-13-10-23(15-30)31-29(26)27/h8-14,19-21,25H,5-7,16-18H2,1-4H3/t19?,20-,25?/m0/s1. The monoisotopic (exact) mass is 485 g/mol. The minimum absolute atomic E-state index is 0.0679. The molecule has 0 amide bonds. The second-order valence-electron chi connectivity index (χ2n) is 10.4. The summed E-state index contributed by atoms with van der Waals surface area (Å²) < 4.78 is 7.54. The maximum absolute atomic E-state index is 12.8. The molecule has 2 unspecified atom stereocenters. The van der Waals surface area contributed by atoms with Crippen LogP contribution in [0, 0.1) is 17.2 Å². The SMILES string of the molecule is CCC(c1ccc(OCC2CC2)cc1)N1C[C@H](C)N(c2cc(=O)n(C)c3ccc(C#N)nc23)CC1C. The first-order chi connectivity index (χ1) is 17.4. The smallest absolute Gasteiger partial charge is 0.252 e. The van der Waals surface area contributed by atoms with Crippen LogP contribution in [0.25, 0.3) is 11.0 Å². The number of anilines is 1. The minimum Gasteiger partial charge on any atom is -0.493 e. The number of pyridine rings is 2. The summed E-state index contributed by atoms with van der Waals surface area (Å²) in [7, 11) is 1.75. The van der Waals surface area contributed by atoms with Gasteiger partial charge in [-0.3, -0.25) is 9.69 Å². The zero-order valence-corrected chi connectivity index (χ0v) is 21.6. The molecule has 0 N–H and O–H groups in total. The molecule has 7 nitrogen and oxygen atoms in total. The largest absolute Gasteiger partial charge is 0.493 e. The van der Waals surface area contributed by atoms with Crippen LogP contribution in [0.15, 0.2) is 47.3 Å². The van der Waals surface area contributed by atoms with Crippen LogP contribution in [0.1, 0.15) is 57.3 Å². The van der Waals surface area contributed by atoms with Gasteiger partial charge in [0.1, 0.15) is 23.0 Å². The van der Waals surface area contributed by atoms with Gasteiger partial charge in [-0.05, 0) is 68.9 Å². The first kappa shape index (κ1) is 24.3. The van der Waals surface area contributed by atoms with Crippen molar-refractivity contribution >= 4 is 16.7 Å². The molecule has 2 aromatic heterocycles. The Morgan fingerprint density at radius 1 is 1.11 bits per heavy atom. The highest BCUT2D eigenvalue weighted by molar-refractivity contribution is 5.89. The normalized spacial score (nSPS) is 21.4. The van der Waals surface area contributed by atoms with Crippen LogP contribution < -0.4 is 15.2 Å². The molecule has 36 heavy (non-hydrogen) atoms. The van der Waals surface area contributed by atoms with E-state index in [4.69, 9.17) is 4.74 Å². The van der Waals surface area contributed by atoms with E-state index < -0.39 is 0 Å². The molecule has 1 saturated carbocycles. The quantitative estimate of drug-likeness (QED) is 0.485. The van der Waals surface area contributed by atoms with Gasteiger partial charge in [-0.2, -0.15) is 5.26 Å². The summed E-state index contributed by atoms with van der Waals surface area (Å²) in [6.07, 6.45) is 3.60. The van der Waals surface area contributed by atoms with E-state index in [-0.39, 0.29) is 17.6 Å². The second-order valence-corrected chi connectivity index (χ2v) is 10.4. The molecule has 0 bridgehead atoms. The van der Waals surface area contributed by atoms with E-state index >= 15 is 0 Å². The highest BCUT2D eigenvalue weighted by Gasteiger charge is 2.34. The number of hydrogen-bond acceptors (Lipinski definition) is 6. The maximum atomic E-state index is 12.8. The number of piperazine rings is 1. The van der Waals surface area contributed by atoms with Crippen LogP contribution in [0.3, 0.4) is 0 Å². The minimum atomic E-state index is -0.0679. The summed E-state index contributed by atoms with van der Waals surface area (Å²) in [5, 5.41) is 9.41. The predicted octanol–water partition coefficient (Wildman–Crippen LogP) is 4.64. The van der Waals surface area contributed by atoms with Crippen LogP contribution in [-0.2, 0) is 7.05 Å². The lowest BCUT2D eigenvalue weighted by molar-refractivity contribution is 0.107. The number of ether oxygens (including phenoxy) is 1. The van der Waals surface area contributed by atoms with Crippen LogP contribution in [0.5, 0.6) is 5.75 Å². The molecular formula is C29H35N5O2. The molecule has 2 fully saturated rings. The van der Waals surface area contributed by atoms with E-state index in [0.717, 1.165) is 49.0 Å². The number of nitriles is 1. The number of aryl methyl sites for hydroxylation is 1. The highest BCUT2D eigenvalue weighted by atomic mass is 16.5. The lowest BCUT2D eigenvalue weighted by atomic mass is 9.97. The Morgan fingerprint density at radius 2 is 1.86 bits per heavy atom. The molecule has 3 atom stereocenters. The topological polar surface area (TPSA) is 74.4 Å². The van der Waals surface area contributed by atoms with Crippen molar-refractivity contribution in [2.24, 2.45) is 13.0 Å². The van der Waals surface area contributed by atoms with Gasteiger partial charge in [0.05, 0.1) is 17.8 Å². The lowest BCUT2D eigenvalue weighted by Crippen LogP contribution is -2.57. The number of aromatic nitrogens is 2. The van der Waals surface area contributed by atoms with Crippen molar-refractivity contribution in [3.05, 3.63) is 64.1 Å². The second kappa shape index (κ2) is 9.94. The first-order valence-corrected chi connectivity index (χ1v) is 13.1. The Hall–Kier alpha value is -3.37. The Kier molecular flexibility index (Phi) is 6.72. The highest BCUT2D eigenvalue weighted by Crippen LogP contribution is 2.35. The Balaban J connectivity index is 1.39. The van der Waals surface area contributed by atoms with E-state index in [0.29, 0.717) is 17.3 Å². The number of benzene rings is 1. The summed E-state index contributed by atoms with van der Waals surface area (Å²) in [5.41, 5.74) is 3.86. The summed E-state index contributed by atoms with van der Waals surface area (Å²) in [5.74, 6) is 1.70. The molecule has 1 aliphatic heterocycles. The Labute approximate surface area is 212 Å². The fourth-order valence-corrected chi connectivity index (χ4v) is 5.46. The summed E-state index contributed by atoms with van der Waals surface area (Å²) in [6.45, 7) is 9.18. The third-order valence-electron chi connectivity index (χ3n) is 7.76. The van der Waals surface area contributed by atoms with E-state index in [9.17, 15) is 10.1 Å². The zero-order valence-electron chi connectivity index (χ0n) is 21.6. The van der Waals surface area contributed by atoms with E-state index in [2.05, 4.69) is 65.9 Å². The molecule has 0 radical (unpaired) electrons. The van der Waals surface area contributed by atoms with Crippen molar-refractivity contribution in [1.82, 2.24) is 14.5 Å². The molecule has 3 aromatic rings. The van der Waals surface area contributed by atoms with Crippen molar-refractivity contribution in [1.29, 1.82) is 5.26 Å². The van der Waals surface area contributed by atoms with Gasteiger partial charge >= 0.3 is 0 Å². The fourth-order valence-electron chi connectivity index (χ4n) is 5.46. The van der Waals surface area contributed by atoms with Crippen LogP contribution in [0.2, 0.25) is 0 Å². The van der Waals surface area contributed by atoms with Crippen molar-refractivity contribution in [3.8, 4) is 11.8 Å². The van der Waals surface area contributed by atoms with E-state index in [1.807, 2.05) is 6.07 Å². The zero-order chi connectivity index (χ0) is 25.4. The van der Waals surface area contributed by atoms with Crippen molar-refractivity contribution in [3.63, 3.8) is 0 Å². The maximum Gasteiger partial charge on any atom is 0.252 e. The summed E-state index contributed by atoms with van der Waals surface area (Å²) in [6, 6.07) is 16.7. The molecule has 3 heterocycles. The van der Waals surface area contributed by atoms with Gasteiger partial charge in [-0.25, -0.2) is 4.98 Å². The third kappa shape index (κ3) is 4.70. The van der Waals surface area contributed by atoms with E-state index in [1.54, 1.807) is 23.7 Å². The molecule has 1 aromatic carbocycles. The third-order valence-corrected chi connectivity index (χ3v) is 7.76. The summed E-state index contributed by atoms with van der Waals surface area (Å²) in [4.78, 5) is 22.3. The molecule has 1 aliphatic carbocycles. The first-order valence-electron chi connectivity index (χ1n) is 13.1. The van der Waals surface area contributed by atoms with Crippen molar-refractivity contribution in [2.75, 3.05) is 24.6 Å². The molecule has 0 spiro atoms. The number of hydrogen-bond donors (Lipinski definition) is 0. The lowest BCUT2D eigenvalue weighted by Gasteiger charge is -2.48. The van der Waals surface area contributed by atoms with Gasteiger partial charge < -0.3 is 14.2 Å². The molecule has 1 saturated heterocycles. The summed E-state index contributed by atoms with van der Waals surface area (Å²) >= 11 is 0. The van der Waals surface area contributed by atoms with Gasteiger partial charge in [0, 0.05) is 44.3 Å². The molecule has 2 aliphatic rings. The Morgan fingerprint density at radius 3 is 2.53 bits per heavy atom. The van der Waals surface area contributed by atoms with Gasteiger partial charge in [-0.15, -0.1) is 0 Å². The van der Waals surface area contributed by atoms with Gasteiger partial charge in [0.15, 0.2) is 0 Å². The number of fused-ring (bicyclic) bond motifs is 1. The molecule has 188 valence electrons. The van der Waals surface area contributed by atoms with Crippen LogP contribution in [-0.4, -0.2) is 46.2 Å². The van der Waals surface area contributed by atoms with E-state index in [1.165, 1.54) is 18.4 Å². The van der Waals surface area contributed by atoms with Crippen molar-refractivity contribution in [2.45, 2.75) is 58.2 Å². The van der Waals surface area contributed by atoms with Crippen LogP contribution >= 0.6 is 0 Å². The number of rotatable bonds is 7. The predicted molar refractivity (Wildman–Crippen MR) is 142 cm³/mol. The molecular weight excluding hydrogens is 450 g/mol. The van der Waals surface area contributed by atoms with Gasteiger partial charge in [-0.1, -0.05) is 19.1 Å². The van der Waals surface area contributed by atoms with Crippen LogP contribution in [0.4, 0.5) is 5.69 Å². The van der Waals surface area contributed by atoms with Gasteiger partial charge in [0.2, 0.25) is 0 Å².